The van der Waals surface area contributed by atoms with Crippen molar-refractivity contribution in [1.82, 2.24) is 9.38 Å². The van der Waals surface area contributed by atoms with Crippen molar-refractivity contribution in [2.75, 3.05) is 5.32 Å². The van der Waals surface area contributed by atoms with E-state index in [4.69, 9.17) is 4.74 Å². The lowest BCUT2D eigenvalue weighted by Gasteiger charge is -2.24. The number of rotatable bonds is 5. The first kappa shape index (κ1) is 19.3. The van der Waals surface area contributed by atoms with Gasteiger partial charge in [0, 0.05) is 18.3 Å². The van der Waals surface area contributed by atoms with E-state index >= 15 is 0 Å². The molecule has 0 amide bonds. The molecule has 3 aromatic rings. The Hall–Kier alpha value is -3.42. The highest BCUT2D eigenvalue weighted by Crippen LogP contribution is 2.26. The number of aryl methyl sites for hydroxylation is 1. The number of pyridine rings is 1. The molecule has 146 valence electrons. The van der Waals surface area contributed by atoms with Gasteiger partial charge in [0.25, 0.3) is 0 Å². The van der Waals surface area contributed by atoms with Crippen molar-refractivity contribution in [2.24, 2.45) is 0 Å². The number of hydrogen-bond acceptors (Lipinski definition) is 6. The van der Waals surface area contributed by atoms with Crippen LogP contribution in [0.2, 0.25) is 0 Å². The summed E-state index contributed by atoms with van der Waals surface area (Å²) in [6.07, 6.45) is 1.46. The molecule has 0 radical (unpaired) electrons. The van der Waals surface area contributed by atoms with Crippen LogP contribution in [-0.2, 0) is 6.54 Å². The summed E-state index contributed by atoms with van der Waals surface area (Å²) in [7, 11) is 0. The van der Waals surface area contributed by atoms with Gasteiger partial charge in [-0.2, -0.15) is 0 Å². The zero-order chi connectivity index (χ0) is 20.5. The maximum absolute atomic E-state index is 12.5. The Morgan fingerprint density at radius 1 is 1.25 bits per heavy atom. The molecule has 28 heavy (non-hydrogen) atoms. The highest BCUT2D eigenvalue weighted by molar-refractivity contribution is 5.60. The zero-order valence-electron chi connectivity index (χ0n) is 16.2. The van der Waals surface area contributed by atoms with Gasteiger partial charge in [0.05, 0.1) is 4.92 Å². The van der Waals surface area contributed by atoms with E-state index in [9.17, 15) is 14.9 Å². The van der Waals surface area contributed by atoms with E-state index in [-0.39, 0.29) is 12.4 Å². The number of fused-ring (bicyclic) bond motifs is 1. The summed E-state index contributed by atoms with van der Waals surface area (Å²) in [6, 6.07) is 10.7. The van der Waals surface area contributed by atoms with Gasteiger partial charge in [-0.3, -0.25) is 19.3 Å². The van der Waals surface area contributed by atoms with E-state index in [2.05, 4.69) is 10.3 Å². The van der Waals surface area contributed by atoms with E-state index in [0.29, 0.717) is 11.4 Å². The Bertz CT molecular complexity index is 1100. The van der Waals surface area contributed by atoms with Crippen LogP contribution in [0.25, 0.3) is 5.65 Å². The molecule has 0 aliphatic rings. The van der Waals surface area contributed by atoms with Crippen molar-refractivity contribution in [3.05, 3.63) is 74.2 Å². The van der Waals surface area contributed by atoms with E-state index in [1.54, 1.807) is 18.2 Å². The van der Waals surface area contributed by atoms with E-state index in [1.807, 2.05) is 45.9 Å². The fraction of sp³-hybridized carbons (Fsp3) is 0.300. The van der Waals surface area contributed by atoms with Crippen LogP contribution in [0.5, 0.6) is 5.75 Å². The molecule has 1 N–H and O–H groups in total. The number of nitro groups is 1. The minimum atomic E-state index is -0.729. The van der Waals surface area contributed by atoms with Gasteiger partial charge in [0.15, 0.2) is 0 Å². The number of ether oxygens (including phenoxy) is 1. The number of aromatic nitrogens is 2. The van der Waals surface area contributed by atoms with E-state index in [0.717, 1.165) is 15.5 Å². The normalized spacial score (nSPS) is 11.4. The molecule has 0 spiro atoms. The molecule has 0 atom stereocenters. The SMILES string of the molecule is Cc1ccc(CNc2nc3ccccn3c(=O)c2[N+](=O)[O-])c(OC(C)(C)C)c1. The number of anilines is 1. The first-order valence-electron chi connectivity index (χ1n) is 8.84. The van der Waals surface area contributed by atoms with Crippen molar-refractivity contribution >= 4 is 17.2 Å². The maximum Gasteiger partial charge on any atom is 0.376 e. The highest BCUT2D eigenvalue weighted by atomic mass is 16.6. The van der Waals surface area contributed by atoms with Gasteiger partial charge in [-0.05, 0) is 51.5 Å². The molecular formula is C20H22N4O4. The lowest BCUT2D eigenvalue weighted by molar-refractivity contribution is -0.385. The Balaban J connectivity index is 2.00. The molecule has 2 heterocycles. The quantitative estimate of drug-likeness (QED) is 0.534. The predicted octanol–water partition coefficient (Wildman–Crippen LogP) is 3.70. The van der Waals surface area contributed by atoms with Crippen LogP contribution in [0.15, 0.2) is 47.4 Å². The van der Waals surface area contributed by atoms with Gasteiger partial charge in [0.1, 0.15) is 17.0 Å². The van der Waals surface area contributed by atoms with E-state index in [1.165, 1.54) is 6.20 Å². The molecule has 1 aromatic carbocycles. The summed E-state index contributed by atoms with van der Waals surface area (Å²) in [6.45, 7) is 8.03. The topological polar surface area (TPSA) is 98.8 Å². The van der Waals surface area contributed by atoms with Crippen molar-refractivity contribution in [2.45, 2.75) is 39.8 Å². The molecule has 0 bridgehead atoms. The van der Waals surface area contributed by atoms with Crippen molar-refractivity contribution < 1.29 is 9.66 Å². The highest BCUT2D eigenvalue weighted by Gasteiger charge is 2.24. The number of nitrogens with one attached hydrogen (secondary N) is 1. The van der Waals surface area contributed by atoms with Crippen LogP contribution >= 0.6 is 0 Å². The second-order valence-electron chi connectivity index (χ2n) is 7.48. The van der Waals surface area contributed by atoms with Crippen LogP contribution in [0.3, 0.4) is 0 Å². The fourth-order valence-corrected chi connectivity index (χ4v) is 2.78. The maximum atomic E-state index is 12.5. The van der Waals surface area contributed by atoms with Gasteiger partial charge in [-0.1, -0.05) is 18.2 Å². The Labute approximate surface area is 162 Å². The number of hydrogen-bond donors (Lipinski definition) is 1. The molecule has 3 rings (SSSR count). The molecule has 8 nitrogen and oxygen atoms in total. The molecular weight excluding hydrogens is 360 g/mol. The van der Waals surface area contributed by atoms with E-state index < -0.39 is 21.8 Å². The first-order valence-corrected chi connectivity index (χ1v) is 8.84. The summed E-state index contributed by atoms with van der Waals surface area (Å²) in [5, 5.41) is 14.4. The van der Waals surface area contributed by atoms with Crippen LogP contribution in [0, 0.1) is 17.0 Å². The first-order chi connectivity index (χ1) is 13.2. The standard InChI is InChI=1S/C20H22N4O4/c1-13-8-9-14(15(11-13)28-20(2,3)4)12-21-18-17(24(26)27)19(25)23-10-6-5-7-16(23)22-18/h5-11,21H,12H2,1-4H3. The summed E-state index contributed by atoms with van der Waals surface area (Å²) in [5.74, 6) is 0.614. The van der Waals surface area contributed by atoms with Gasteiger partial charge in [0.2, 0.25) is 5.82 Å². The third kappa shape index (κ3) is 4.11. The van der Waals surface area contributed by atoms with Crippen LogP contribution in [0.1, 0.15) is 31.9 Å². The molecule has 0 aliphatic heterocycles. The van der Waals surface area contributed by atoms with Gasteiger partial charge < -0.3 is 10.1 Å². The number of benzene rings is 1. The summed E-state index contributed by atoms with van der Waals surface area (Å²) >= 11 is 0. The summed E-state index contributed by atoms with van der Waals surface area (Å²) in [5.41, 5.74) is 0.466. The average Bonchev–Trinajstić information content (AvgIpc) is 2.59. The lowest BCUT2D eigenvalue weighted by atomic mass is 10.1. The van der Waals surface area contributed by atoms with Crippen LogP contribution < -0.4 is 15.6 Å². The zero-order valence-corrected chi connectivity index (χ0v) is 16.2. The summed E-state index contributed by atoms with van der Waals surface area (Å²) < 4.78 is 7.17. The smallest absolute Gasteiger partial charge is 0.376 e. The van der Waals surface area contributed by atoms with Crippen LogP contribution in [0.4, 0.5) is 11.5 Å². The molecule has 0 unspecified atom stereocenters. The monoisotopic (exact) mass is 382 g/mol. The summed E-state index contributed by atoms with van der Waals surface area (Å²) in [4.78, 5) is 27.6. The Morgan fingerprint density at radius 3 is 2.68 bits per heavy atom. The molecule has 0 fully saturated rings. The number of nitrogens with zero attached hydrogens (tertiary/aromatic N) is 3. The van der Waals surface area contributed by atoms with Gasteiger partial charge in [-0.15, -0.1) is 0 Å². The largest absolute Gasteiger partial charge is 0.488 e. The van der Waals surface area contributed by atoms with Gasteiger partial charge >= 0.3 is 11.2 Å². The average molecular weight is 382 g/mol. The second kappa shape index (κ2) is 7.30. The molecule has 0 saturated heterocycles. The minimum absolute atomic E-state index is 0.0662. The Kier molecular flexibility index (Phi) is 5.04. The van der Waals surface area contributed by atoms with Crippen molar-refractivity contribution in [1.29, 1.82) is 0 Å². The predicted molar refractivity (Wildman–Crippen MR) is 107 cm³/mol. The third-order valence-corrected chi connectivity index (χ3v) is 3.98. The third-order valence-electron chi connectivity index (χ3n) is 3.98. The lowest BCUT2D eigenvalue weighted by Crippen LogP contribution is -2.24. The Morgan fingerprint density at radius 2 is 2.00 bits per heavy atom. The minimum Gasteiger partial charge on any atom is -0.488 e. The second-order valence-corrected chi connectivity index (χ2v) is 7.48. The van der Waals surface area contributed by atoms with Gasteiger partial charge in [-0.25, -0.2) is 4.98 Å². The van der Waals surface area contributed by atoms with Crippen molar-refractivity contribution in [3.8, 4) is 5.75 Å². The molecule has 0 aliphatic carbocycles. The van der Waals surface area contributed by atoms with Crippen molar-refractivity contribution in [3.63, 3.8) is 0 Å². The molecule has 2 aromatic heterocycles. The molecule has 0 saturated carbocycles. The fourth-order valence-electron chi connectivity index (χ4n) is 2.78. The molecule has 8 heteroatoms. The van der Waals surface area contributed by atoms with Crippen LogP contribution in [-0.4, -0.2) is 19.9 Å².